The maximum Gasteiger partial charge on any atom is 0.228 e. The van der Waals surface area contributed by atoms with Gasteiger partial charge in [-0.25, -0.2) is 0 Å². The Labute approximate surface area is 179 Å². The summed E-state index contributed by atoms with van der Waals surface area (Å²) >= 11 is 0. The average Bonchev–Trinajstić information content (AvgIpc) is 3.16. The number of hydrogen-bond donors (Lipinski definition) is 3. The highest BCUT2D eigenvalue weighted by atomic mass is 35.5. The summed E-state index contributed by atoms with van der Waals surface area (Å²) in [6.45, 7) is 6.32. The summed E-state index contributed by atoms with van der Waals surface area (Å²) in [7, 11) is 0. The first-order valence-corrected chi connectivity index (χ1v) is 9.84. The summed E-state index contributed by atoms with van der Waals surface area (Å²) in [5.41, 5.74) is 3.82. The molecule has 6 heteroatoms. The Kier molecular flexibility index (Phi) is 8.23. The number of rotatable bonds is 7. The van der Waals surface area contributed by atoms with Crippen LogP contribution in [-0.4, -0.2) is 24.9 Å². The normalized spacial score (nSPS) is 18.0. The first-order valence-electron chi connectivity index (χ1n) is 9.84. The van der Waals surface area contributed by atoms with E-state index in [4.69, 9.17) is 0 Å². The maximum absolute atomic E-state index is 12.9. The molecule has 2 aromatic carbocycles. The van der Waals surface area contributed by atoms with Crippen molar-refractivity contribution in [2.45, 2.75) is 39.8 Å². The lowest BCUT2D eigenvalue weighted by atomic mass is 9.82. The minimum Gasteiger partial charge on any atom is -0.352 e. The van der Waals surface area contributed by atoms with E-state index in [2.05, 4.69) is 16.0 Å². The van der Waals surface area contributed by atoms with Crippen LogP contribution in [0.1, 0.15) is 35.1 Å². The van der Waals surface area contributed by atoms with Crippen molar-refractivity contribution < 1.29 is 9.59 Å². The molecule has 0 bridgehead atoms. The van der Waals surface area contributed by atoms with E-state index in [1.165, 1.54) is 11.1 Å². The van der Waals surface area contributed by atoms with Gasteiger partial charge in [-0.05, 0) is 37.9 Å². The van der Waals surface area contributed by atoms with Gasteiger partial charge in [0, 0.05) is 26.1 Å². The van der Waals surface area contributed by atoms with Crippen LogP contribution in [0.3, 0.4) is 0 Å². The number of amides is 2. The van der Waals surface area contributed by atoms with E-state index in [1.807, 2.05) is 62.4 Å². The number of nitrogens with one attached hydrogen (secondary N) is 3. The molecule has 0 aliphatic carbocycles. The fourth-order valence-electron chi connectivity index (χ4n) is 3.52. The van der Waals surface area contributed by atoms with Crippen molar-refractivity contribution in [3.8, 4) is 0 Å². The molecule has 1 heterocycles. The van der Waals surface area contributed by atoms with Crippen LogP contribution < -0.4 is 16.0 Å². The molecule has 5 nitrogen and oxygen atoms in total. The Bertz CT molecular complexity index is 813. The van der Waals surface area contributed by atoms with Crippen LogP contribution in [-0.2, 0) is 22.7 Å². The lowest BCUT2D eigenvalue weighted by Crippen LogP contribution is -2.45. The highest BCUT2D eigenvalue weighted by Gasteiger charge is 2.42. The van der Waals surface area contributed by atoms with E-state index in [1.54, 1.807) is 0 Å². The third-order valence-electron chi connectivity index (χ3n) is 5.41. The average molecular weight is 416 g/mol. The lowest BCUT2D eigenvalue weighted by molar-refractivity contribution is -0.135. The van der Waals surface area contributed by atoms with Gasteiger partial charge in [0.25, 0.3) is 0 Å². The van der Waals surface area contributed by atoms with Gasteiger partial charge in [0.2, 0.25) is 11.8 Å². The summed E-state index contributed by atoms with van der Waals surface area (Å²) in [6, 6.07) is 16.2. The van der Waals surface area contributed by atoms with E-state index in [0.717, 1.165) is 17.7 Å². The summed E-state index contributed by atoms with van der Waals surface area (Å²) in [4.78, 5) is 25.5. The predicted molar refractivity (Wildman–Crippen MR) is 118 cm³/mol. The van der Waals surface area contributed by atoms with Crippen LogP contribution in [0.2, 0.25) is 0 Å². The second-order valence-corrected chi connectivity index (χ2v) is 7.81. The molecule has 1 aliphatic rings. The Hall–Kier alpha value is -2.37. The SMILES string of the molecule is Cc1ccc(CNC(=O)CC2(C(=O)NCc3ccc(C)cc3)CCNC2)cc1.Cl. The highest BCUT2D eigenvalue weighted by molar-refractivity contribution is 5.89. The number of benzene rings is 2. The quantitative estimate of drug-likeness (QED) is 0.651. The zero-order chi connectivity index (χ0) is 20.0. The van der Waals surface area contributed by atoms with E-state index in [9.17, 15) is 9.59 Å². The number of halogens is 1. The van der Waals surface area contributed by atoms with Crippen molar-refractivity contribution in [1.82, 2.24) is 16.0 Å². The molecular weight excluding hydrogens is 386 g/mol. The molecule has 0 saturated carbocycles. The lowest BCUT2D eigenvalue weighted by Gasteiger charge is -2.26. The topological polar surface area (TPSA) is 70.2 Å². The van der Waals surface area contributed by atoms with Gasteiger partial charge in [-0.1, -0.05) is 59.7 Å². The fourth-order valence-corrected chi connectivity index (χ4v) is 3.52. The number of carbonyl (C=O) groups is 2. The molecule has 1 saturated heterocycles. The third-order valence-corrected chi connectivity index (χ3v) is 5.41. The van der Waals surface area contributed by atoms with Crippen molar-refractivity contribution in [3.05, 3.63) is 70.8 Å². The molecule has 1 unspecified atom stereocenters. The van der Waals surface area contributed by atoms with Gasteiger partial charge < -0.3 is 16.0 Å². The summed E-state index contributed by atoms with van der Waals surface area (Å²) in [5.74, 6) is -0.140. The Balaban J connectivity index is 0.00000300. The molecule has 0 spiro atoms. The molecule has 2 amide bonds. The Morgan fingerprint density at radius 1 is 0.897 bits per heavy atom. The second-order valence-electron chi connectivity index (χ2n) is 7.81. The van der Waals surface area contributed by atoms with Crippen molar-refractivity contribution in [1.29, 1.82) is 0 Å². The monoisotopic (exact) mass is 415 g/mol. The van der Waals surface area contributed by atoms with Crippen molar-refractivity contribution in [3.63, 3.8) is 0 Å². The van der Waals surface area contributed by atoms with Crippen LogP contribution in [0, 0.1) is 19.3 Å². The maximum atomic E-state index is 12.9. The van der Waals surface area contributed by atoms with Gasteiger partial charge in [0.15, 0.2) is 0 Å². The molecule has 2 aromatic rings. The van der Waals surface area contributed by atoms with E-state index in [0.29, 0.717) is 26.1 Å². The molecule has 0 radical (unpaired) electrons. The zero-order valence-corrected chi connectivity index (χ0v) is 17.9. The minimum atomic E-state index is -0.679. The van der Waals surface area contributed by atoms with Crippen LogP contribution in [0.5, 0.6) is 0 Å². The first kappa shape index (κ1) is 22.9. The molecule has 0 aromatic heterocycles. The van der Waals surface area contributed by atoms with Crippen LogP contribution >= 0.6 is 12.4 Å². The van der Waals surface area contributed by atoms with Gasteiger partial charge >= 0.3 is 0 Å². The summed E-state index contributed by atoms with van der Waals surface area (Å²) in [5, 5.41) is 9.23. The van der Waals surface area contributed by atoms with Crippen molar-refractivity contribution >= 4 is 24.2 Å². The molecule has 1 aliphatic heterocycles. The van der Waals surface area contributed by atoms with Gasteiger partial charge in [-0.15, -0.1) is 12.4 Å². The summed E-state index contributed by atoms with van der Waals surface area (Å²) < 4.78 is 0. The molecular formula is C23H30ClN3O2. The zero-order valence-electron chi connectivity index (χ0n) is 17.1. The molecule has 1 atom stereocenters. The van der Waals surface area contributed by atoms with Crippen LogP contribution in [0.15, 0.2) is 48.5 Å². The van der Waals surface area contributed by atoms with Crippen molar-refractivity contribution in [2.24, 2.45) is 5.41 Å². The fraction of sp³-hybridized carbons (Fsp3) is 0.391. The van der Waals surface area contributed by atoms with E-state index in [-0.39, 0.29) is 30.6 Å². The van der Waals surface area contributed by atoms with E-state index >= 15 is 0 Å². The number of carbonyl (C=O) groups excluding carboxylic acids is 2. The molecule has 3 rings (SSSR count). The van der Waals surface area contributed by atoms with Crippen molar-refractivity contribution in [2.75, 3.05) is 13.1 Å². The predicted octanol–water partition coefficient (Wildman–Crippen LogP) is 3.03. The van der Waals surface area contributed by atoms with E-state index < -0.39 is 5.41 Å². The highest BCUT2D eigenvalue weighted by Crippen LogP contribution is 2.30. The minimum absolute atomic E-state index is 0. The third kappa shape index (κ3) is 6.31. The standard InChI is InChI=1S/C23H29N3O2.ClH/c1-17-3-7-19(8-4-17)14-25-21(27)13-23(11-12-24-16-23)22(28)26-15-20-9-5-18(2)6-10-20;/h3-10,24H,11-16H2,1-2H3,(H,25,27)(H,26,28);1H. The largest absolute Gasteiger partial charge is 0.352 e. The van der Waals surface area contributed by atoms with Gasteiger partial charge in [-0.3, -0.25) is 9.59 Å². The molecule has 29 heavy (non-hydrogen) atoms. The second kappa shape index (κ2) is 10.4. The van der Waals surface area contributed by atoms with Gasteiger partial charge in [-0.2, -0.15) is 0 Å². The number of hydrogen-bond acceptors (Lipinski definition) is 3. The molecule has 3 N–H and O–H groups in total. The molecule has 156 valence electrons. The van der Waals surface area contributed by atoms with Gasteiger partial charge in [0.05, 0.1) is 5.41 Å². The first-order chi connectivity index (χ1) is 13.5. The smallest absolute Gasteiger partial charge is 0.228 e. The summed E-state index contributed by atoms with van der Waals surface area (Å²) in [6.07, 6.45) is 0.871. The van der Waals surface area contributed by atoms with Gasteiger partial charge in [0.1, 0.15) is 0 Å². The van der Waals surface area contributed by atoms with Crippen LogP contribution in [0.4, 0.5) is 0 Å². The number of aryl methyl sites for hydroxylation is 2. The van der Waals surface area contributed by atoms with Crippen LogP contribution in [0.25, 0.3) is 0 Å². The Morgan fingerprint density at radius 3 is 1.90 bits per heavy atom. The Morgan fingerprint density at radius 2 is 1.41 bits per heavy atom. The molecule has 1 fully saturated rings.